The lowest BCUT2D eigenvalue weighted by atomic mass is 10.3. The van der Waals surface area contributed by atoms with Crippen LogP contribution in [0.4, 0.5) is 0 Å². The van der Waals surface area contributed by atoms with E-state index in [0.717, 1.165) is 12.8 Å². The van der Waals surface area contributed by atoms with Crippen molar-refractivity contribution in [2.24, 2.45) is 0 Å². The largest absolute Gasteiger partial charge is 0.361 e. The van der Waals surface area contributed by atoms with E-state index in [4.69, 9.17) is 4.84 Å². The smallest absolute Gasteiger partial charge is 0.259 e. The molecule has 0 aromatic carbocycles. The van der Waals surface area contributed by atoms with E-state index in [0.29, 0.717) is 0 Å². The Kier molecular flexibility index (Phi) is 2.51. The Morgan fingerprint density at radius 2 is 2.11 bits per heavy atom. The van der Waals surface area contributed by atoms with Crippen molar-refractivity contribution in [2.45, 2.75) is 31.8 Å². The van der Waals surface area contributed by atoms with E-state index in [9.17, 15) is 4.79 Å². The molecule has 1 fully saturated rings. The second kappa shape index (κ2) is 3.45. The normalized spacial score (nSPS) is 20.0. The monoisotopic (exact) mass is 127 g/mol. The summed E-state index contributed by atoms with van der Waals surface area (Å²) in [4.78, 5) is 14.3. The van der Waals surface area contributed by atoms with E-state index in [2.05, 4.69) is 5.48 Å². The lowest BCUT2D eigenvalue weighted by molar-refractivity contribution is 0.00763. The maximum atomic E-state index is 9.54. The highest BCUT2D eigenvalue weighted by Gasteiger charge is 2.15. The molecule has 1 aliphatic carbocycles. The Morgan fingerprint density at radius 3 is 2.67 bits per heavy atom. The van der Waals surface area contributed by atoms with Gasteiger partial charge in [0.15, 0.2) is 0 Å². The van der Waals surface area contributed by atoms with Gasteiger partial charge in [-0.25, -0.2) is 4.84 Å². The summed E-state index contributed by atoms with van der Waals surface area (Å²) < 4.78 is 0. The van der Waals surface area contributed by atoms with Crippen LogP contribution in [0.15, 0.2) is 0 Å². The van der Waals surface area contributed by atoms with Crippen molar-refractivity contribution in [3.8, 4) is 0 Å². The van der Waals surface area contributed by atoms with Gasteiger partial charge in [-0.15, -0.1) is 0 Å². The Balaban J connectivity index is 2.04. The molecule has 0 atom stereocenters. The van der Waals surface area contributed by atoms with E-state index in [1.165, 1.54) is 19.3 Å². The van der Waals surface area contributed by atoms with Crippen molar-refractivity contribution in [2.75, 3.05) is 0 Å². The fraction of sp³-hybridized carbons (Fsp3) is 0.833. The predicted octanol–water partition coefficient (Wildman–Crippen LogP) is 0.532. The molecule has 3 nitrogen and oxygen atoms in total. The van der Waals surface area contributed by atoms with Gasteiger partial charge in [-0.1, -0.05) is 18.3 Å². The molecule has 50 valence electrons. The van der Waals surface area contributed by atoms with Crippen LogP contribution in [0, 0.1) is 0 Å². The van der Waals surface area contributed by atoms with Gasteiger partial charge >= 0.3 is 6.41 Å². The van der Waals surface area contributed by atoms with E-state index in [1.54, 1.807) is 0 Å². The van der Waals surface area contributed by atoms with Crippen LogP contribution in [-0.2, 0) is 9.63 Å². The zero-order valence-electron chi connectivity index (χ0n) is 5.17. The fourth-order valence-corrected chi connectivity index (χ4v) is 1.09. The summed E-state index contributed by atoms with van der Waals surface area (Å²) in [7, 11) is 0. The van der Waals surface area contributed by atoms with Crippen LogP contribution >= 0.6 is 0 Å². The molecule has 0 saturated heterocycles. The molecule has 3 heteroatoms. The van der Waals surface area contributed by atoms with Crippen molar-refractivity contribution in [1.29, 1.82) is 0 Å². The maximum Gasteiger partial charge on any atom is 0.361 e. The average molecular weight is 127 g/mol. The summed E-state index contributed by atoms with van der Waals surface area (Å²) >= 11 is 0. The number of hydrogen-bond donors (Lipinski definition) is 0. The number of nitrogens with zero attached hydrogens (tertiary/aromatic N) is 1. The fourth-order valence-electron chi connectivity index (χ4n) is 1.09. The summed E-state index contributed by atoms with van der Waals surface area (Å²) in [5.74, 6) is 0. The van der Waals surface area contributed by atoms with Crippen molar-refractivity contribution in [3.63, 3.8) is 0 Å². The Hall–Kier alpha value is -0.570. The van der Waals surface area contributed by atoms with Gasteiger partial charge in [0.1, 0.15) is 0 Å². The van der Waals surface area contributed by atoms with Gasteiger partial charge in [-0.3, -0.25) is 4.79 Å². The van der Waals surface area contributed by atoms with E-state index < -0.39 is 0 Å². The number of hydrogen-bond acceptors (Lipinski definition) is 2. The lowest BCUT2D eigenvalue weighted by Crippen LogP contribution is -2.13. The van der Waals surface area contributed by atoms with Gasteiger partial charge in [0, 0.05) is 0 Å². The highest BCUT2D eigenvalue weighted by atomic mass is 16.7. The van der Waals surface area contributed by atoms with Crippen LogP contribution in [-0.4, -0.2) is 12.5 Å². The van der Waals surface area contributed by atoms with Crippen LogP contribution in [0.25, 0.3) is 0 Å². The first-order valence-electron chi connectivity index (χ1n) is 3.16. The number of hydroxylamine groups is 1. The minimum Gasteiger partial charge on any atom is -0.259 e. The minimum atomic E-state index is 0.187. The molecule has 1 aliphatic rings. The molecule has 0 aliphatic heterocycles. The summed E-state index contributed by atoms with van der Waals surface area (Å²) in [6, 6.07) is 0. The highest BCUT2D eigenvalue weighted by molar-refractivity contribution is 5.44. The average Bonchev–Trinajstić information content (AvgIpc) is 2.34. The van der Waals surface area contributed by atoms with E-state index in [-0.39, 0.29) is 6.10 Å². The molecule has 1 amide bonds. The van der Waals surface area contributed by atoms with Crippen molar-refractivity contribution >= 4 is 6.41 Å². The van der Waals surface area contributed by atoms with Crippen molar-refractivity contribution < 1.29 is 9.63 Å². The van der Waals surface area contributed by atoms with Crippen molar-refractivity contribution in [1.82, 2.24) is 5.48 Å². The summed E-state index contributed by atoms with van der Waals surface area (Å²) in [6.45, 7) is 0. The second-order valence-electron chi connectivity index (χ2n) is 2.19. The lowest BCUT2D eigenvalue weighted by Gasteiger charge is -2.02. The van der Waals surface area contributed by atoms with Crippen molar-refractivity contribution in [3.05, 3.63) is 0 Å². The van der Waals surface area contributed by atoms with E-state index in [1.807, 2.05) is 0 Å². The Labute approximate surface area is 54.3 Å². The molecule has 1 rings (SSSR count). The molecular formula is C6H9NO2. The quantitative estimate of drug-likeness (QED) is 0.519. The van der Waals surface area contributed by atoms with Crippen LogP contribution in [0.2, 0.25) is 0 Å². The van der Waals surface area contributed by atoms with Crippen LogP contribution < -0.4 is 5.48 Å². The molecular weight excluding hydrogens is 118 g/mol. The van der Waals surface area contributed by atoms with Gasteiger partial charge < -0.3 is 0 Å². The number of rotatable bonds is 3. The first kappa shape index (κ1) is 6.55. The molecule has 0 aromatic rings. The third kappa shape index (κ3) is 2.01. The Bertz CT molecular complexity index is 89.1. The van der Waals surface area contributed by atoms with Crippen LogP contribution in [0.5, 0.6) is 0 Å². The standard InChI is InChI=1S/C6H9NO2/c8-5-7-9-6-3-1-2-4-6/h6H,1-4H2. The summed E-state index contributed by atoms with van der Waals surface area (Å²) in [5, 5.41) is 0. The predicted molar refractivity (Wildman–Crippen MR) is 31.2 cm³/mol. The first-order valence-corrected chi connectivity index (χ1v) is 3.16. The number of carbonyl (C=O) groups excluding carboxylic acids is 1. The molecule has 9 heavy (non-hydrogen) atoms. The molecule has 0 N–H and O–H groups in total. The molecule has 0 aromatic heterocycles. The van der Waals surface area contributed by atoms with Gasteiger partial charge in [0.05, 0.1) is 6.10 Å². The molecule has 0 heterocycles. The topological polar surface area (TPSA) is 40.4 Å². The second-order valence-corrected chi connectivity index (χ2v) is 2.19. The minimum absolute atomic E-state index is 0.187. The first-order chi connectivity index (χ1) is 4.43. The zero-order valence-corrected chi connectivity index (χ0v) is 5.17. The third-order valence-corrected chi connectivity index (χ3v) is 1.54. The number of amides is 1. The maximum absolute atomic E-state index is 9.54. The molecule has 0 spiro atoms. The Morgan fingerprint density at radius 1 is 1.44 bits per heavy atom. The van der Waals surface area contributed by atoms with E-state index >= 15 is 0 Å². The molecule has 1 saturated carbocycles. The van der Waals surface area contributed by atoms with Crippen LogP contribution in [0.1, 0.15) is 25.7 Å². The molecule has 0 bridgehead atoms. The summed E-state index contributed by atoms with van der Waals surface area (Å²) in [5.41, 5.74) is 3.05. The van der Waals surface area contributed by atoms with Crippen LogP contribution in [0.3, 0.4) is 0 Å². The molecule has 0 unspecified atom stereocenters. The van der Waals surface area contributed by atoms with Gasteiger partial charge in [0.2, 0.25) is 0 Å². The SMILES string of the molecule is O=[C][N]OC1CCCC1. The highest BCUT2D eigenvalue weighted by Crippen LogP contribution is 2.19. The van der Waals surface area contributed by atoms with Gasteiger partial charge in [0.25, 0.3) is 0 Å². The third-order valence-electron chi connectivity index (χ3n) is 1.54. The van der Waals surface area contributed by atoms with Gasteiger partial charge in [-0.2, -0.15) is 0 Å². The molecule has 2 radical (unpaired) electrons. The summed E-state index contributed by atoms with van der Waals surface area (Å²) in [6.07, 6.45) is 5.99. The zero-order chi connectivity index (χ0) is 6.53. The van der Waals surface area contributed by atoms with Gasteiger partial charge in [-0.05, 0) is 12.8 Å².